The highest BCUT2D eigenvalue weighted by molar-refractivity contribution is 6.30. The zero-order chi connectivity index (χ0) is 11.4. The predicted molar refractivity (Wildman–Crippen MR) is 65.5 cm³/mol. The molecule has 0 bridgehead atoms. The second-order valence-corrected chi connectivity index (χ2v) is 4.52. The lowest BCUT2D eigenvalue weighted by Gasteiger charge is -2.24. The maximum absolute atomic E-state index is 5.91. The van der Waals surface area contributed by atoms with Gasteiger partial charge in [-0.2, -0.15) is 0 Å². The molecule has 1 aromatic rings. The first-order valence-electron chi connectivity index (χ1n) is 5.38. The molecule has 1 aliphatic rings. The van der Waals surface area contributed by atoms with Crippen LogP contribution < -0.4 is 4.74 Å². The number of hydrogen-bond acceptors (Lipinski definition) is 2. The highest BCUT2D eigenvalue weighted by Crippen LogP contribution is 2.27. The van der Waals surface area contributed by atoms with Gasteiger partial charge in [-0.3, -0.25) is 0 Å². The van der Waals surface area contributed by atoms with Crippen LogP contribution in [0.5, 0.6) is 5.75 Å². The van der Waals surface area contributed by atoms with Gasteiger partial charge in [-0.1, -0.05) is 11.6 Å². The molecule has 0 amide bonds. The Morgan fingerprint density at radius 3 is 2.75 bits per heavy atom. The molecular formula is C12H14Cl2O2. The maximum atomic E-state index is 5.91. The van der Waals surface area contributed by atoms with Crippen molar-refractivity contribution in [2.75, 3.05) is 13.2 Å². The van der Waals surface area contributed by atoms with Gasteiger partial charge >= 0.3 is 0 Å². The average molecular weight is 261 g/mol. The zero-order valence-corrected chi connectivity index (χ0v) is 10.4. The smallest absolute Gasteiger partial charge is 0.124 e. The molecule has 1 aliphatic heterocycles. The summed E-state index contributed by atoms with van der Waals surface area (Å²) in [4.78, 5) is 0. The van der Waals surface area contributed by atoms with Crippen LogP contribution in [-0.4, -0.2) is 19.3 Å². The van der Waals surface area contributed by atoms with Crippen molar-refractivity contribution in [1.82, 2.24) is 0 Å². The largest absolute Gasteiger partial charge is 0.490 e. The minimum atomic E-state index is 0.233. The first kappa shape index (κ1) is 12.0. The minimum absolute atomic E-state index is 0.233. The van der Waals surface area contributed by atoms with Crippen molar-refractivity contribution >= 4 is 23.2 Å². The summed E-state index contributed by atoms with van der Waals surface area (Å²) in [5.41, 5.74) is 0.945. The van der Waals surface area contributed by atoms with Crippen LogP contribution in [0.4, 0.5) is 0 Å². The molecule has 0 atom stereocenters. The molecule has 0 aromatic heterocycles. The molecule has 1 aromatic carbocycles. The molecule has 16 heavy (non-hydrogen) atoms. The molecular weight excluding hydrogens is 247 g/mol. The normalized spacial score (nSPS) is 17.4. The highest BCUT2D eigenvalue weighted by Gasteiger charge is 2.16. The summed E-state index contributed by atoms with van der Waals surface area (Å²) in [6.45, 7) is 1.54. The first-order valence-corrected chi connectivity index (χ1v) is 6.29. The van der Waals surface area contributed by atoms with Crippen LogP contribution >= 0.6 is 23.2 Å². The SMILES string of the molecule is ClCc1cc(Cl)ccc1OC1CCOCC1. The molecule has 1 fully saturated rings. The Hall–Kier alpha value is -0.440. The highest BCUT2D eigenvalue weighted by atomic mass is 35.5. The van der Waals surface area contributed by atoms with Gasteiger partial charge in [0.2, 0.25) is 0 Å². The zero-order valence-electron chi connectivity index (χ0n) is 8.92. The van der Waals surface area contributed by atoms with Crippen molar-refractivity contribution in [1.29, 1.82) is 0 Å². The number of halogens is 2. The summed E-state index contributed by atoms with van der Waals surface area (Å²) < 4.78 is 11.2. The van der Waals surface area contributed by atoms with Gasteiger partial charge in [0.05, 0.1) is 19.1 Å². The molecule has 0 saturated carbocycles. The van der Waals surface area contributed by atoms with Crippen molar-refractivity contribution in [3.05, 3.63) is 28.8 Å². The molecule has 4 heteroatoms. The van der Waals surface area contributed by atoms with E-state index in [2.05, 4.69) is 0 Å². The van der Waals surface area contributed by atoms with E-state index in [9.17, 15) is 0 Å². The summed E-state index contributed by atoms with van der Waals surface area (Å²) in [6, 6.07) is 5.56. The van der Waals surface area contributed by atoms with Crippen molar-refractivity contribution < 1.29 is 9.47 Å². The predicted octanol–water partition coefficient (Wildman–Crippen LogP) is 3.64. The van der Waals surface area contributed by atoms with Crippen molar-refractivity contribution in [2.24, 2.45) is 0 Å². The number of ether oxygens (including phenoxy) is 2. The number of hydrogen-bond donors (Lipinski definition) is 0. The molecule has 0 spiro atoms. The Bertz CT molecular complexity index is 349. The average Bonchev–Trinajstić information content (AvgIpc) is 2.33. The summed E-state index contributed by atoms with van der Waals surface area (Å²) >= 11 is 11.8. The molecule has 2 rings (SSSR count). The minimum Gasteiger partial charge on any atom is -0.490 e. The van der Waals surface area contributed by atoms with Crippen LogP contribution in [0.3, 0.4) is 0 Å². The number of rotatable bonds is 3. The molecule has 0 aliphatic carbocycles. The fraction of sp³-hybridized carbons (Fsp3) is 0.500. The summed E-state index contributed by atoms with van der Waals surface area (Å²) in [5.74, 6) is 1.25. The van der Waals surface area contributed by atoms with E-state index >= 15 is 0 Å². The second kappa shape index (κ2) is 5.76. The Balaban J connectivity index is 2.07. The van der Waals surface area contributed by atoms with Crippen LogP contribution in [0.2, 0.25) is 5.02 Å². The Morgan fingerprint density at radius 2 is 2.06 bits per heavy atom. The van der Waals surface area contributed by atoms with Gasteiger partial charge in [-0.25, -0.2) is 0 Å². The van der Waals surface area contributed by atoms with E-state index in [4.69, 9.17) is 32.7 Å². The van der Waals surface area contributed by atoms with Crippen LogP contribution in [0, 0.1) is 0 Å². The number of benzene rings is 1. The lowest BCUT2D eigenvalue weighted by Crippen LogP contribution is -2.26. The van der Waals surface area contributed by atoms with Crippen molar-refractivity contribution in [2.45, 2.75) is 24.8 Å². The van der Waals surface area contributed by atoms with Crippen molar-refractivity contribution in [3.8, 4) is 5.75 Å². The van der Waals surface area contributed by atoms with Crippen LogP contribution in [-0.2, 0) is 10.6 Å². The van der Waals surface area contributed by atoms with Gasteiger partial charge in [-0.05, 0) is 18.2 Å². The molecule has 88 valence electrons. The van der Waals surface area contributed by atoms with Crippen LogP contribution in [0.15, 0.2) is 18.2 Å². The second-order valence-electron chi connectivity index (χ2n) is 3.82. The third kappa shape index (κ3) is 3.03. The van der Waals surface area contributed by atoms with E-state index in [1.807, 2.05) is 18.2 Å². The lowest BCUT2D eigenvalue weighted by molar-refractivity contribution is 0.0253. The van der Waals surface area contributed by atoms with Gasteiger partial charge in [0.25, 0.3) is 0 Å². The molecule has 0 unspecified atom stereocenters. The van der Waals surface area contributed by atoms with Gasteiger partial charge in [-0.15, -0.1) is 11.6 Å². The van der Waals surface area contributed by atoms with E-state index in [1.54, 1.807) is 0 Å². The maximum Gasteiger partial charge on any atom is 0.124 e. The van der Waals surface area contributed by atoms with E-state index in [1.165, 1.54) is 0 Å². The monoisotopic (exact) mass is 260 g/mol. The van der Waals surface area contributed by atoms with Crippen molar-refractivity contribution in [3.63, 3.8) is 0 Å². The third-order valence-electron chi connectivity index (χ3n) is 2.63. The Morgan fingerprint density at radius 1 is 1.31 bits per heavy atom. The van der Waals surface area contributed by atoms with Crippen LogP contribution in [0.25, 0.3) is 0 Å². The number of alkyl halides is 1. The Labute approximate surface area is 105 Å². The lowest BCUT2D eigenvalue weighted by atomic mass is 10.1. The van der Waals surface area contributed by atoms with E-state index in [0.29, 0.717) is 10.9 Å². The molecule has 1 saturated heterocycles. The molecule has 0 N–H and O–H groups in total. The standard InChI is InChI=1S/C12H14Cl2O2/c13-8-9-7-10(14)1-2-12(9)16-11-3-5-15-6-4-11/h1-2,7,11H,3-6,8H2. The van der Waals surface area contributed by atoms with E-state index < -0.39 is 0 Å². The topological polar surface area (TPSA) is 18.5 Å². The van der Waals surface area contributed by atoms with Gasteiger partial charge in [0, 0.05) is 23.4 Å². The Kier molecular flexibility index (Phi) is 4.33. The van der Waals surface area contributed by atoms with Gasteiger partial charge in [0.1, 0.15) is 11.9 Å². The van der Waals surface area contributed by atoms with Gasteiger partial charge < -0.3 is 9.47 Å². The fourth-order valence-corrected chi connectivity index (χ4v) is 2.14. The fourth-order valence-electron chi connectivity index (χ4n) is 1.74. The summed E-state index contributed by atoms with van der Waals surface area (Å²) in [5, 5.41) is 0.690. The van der Waals surface area contributed by atoms with Gasteiger partial charge in [0.15, 0.2) is 0 Å². The van der Waals surface area contributed by atoms with E-state index in [-0.39, 0.29) is 6.10 Å². The van der Waals surface area contributed by atoms with E-state index in [0.717, 1.165) is 37.4 Å². The molecule has 1 heterocycles. The third-order valence-corrected chi connectivity index (χ3v) is 3.15. The summed E-state index contributed by atoms with van der Waals surface area (Å²) in [7, 11) is 0. The molecule has 0 radical (unpaired) electrons. The molecule has 2 nitrogen and oxygen atoms in total. The quantitative estimate of drug-likeness (QED) is 0.773. The van der Waals surface area contributed by atoms with Crippen LogP contribution in [0.1, 0.15) is 18.4 Å². The first-order chi connectivity index (χ1) is 7.79. The summed E-state index contributed by atoms with van der Waals surface area (Å²) in [6.07, 6.45) is 2.10.